The molecule has 2 N–H and O–H groups in total. The summed E-state index contributed by atoms with van der Waals surface area (Å²) in [6.45, 7) is 0.522. The van der Waals surface area contributed by atoms with Crippen LogP contribution in [0.25, 0.3) is 0 Å². The van der Waals surface area contributed by atoms with Crippen molar-refractivity contribution in [1.82, 2.24) is 0 Å². The van der Waals surface area contributed by atoms with Crippen molar-refractivity contribution in [1.29, 1.82) is 0 Å². The van der Waals surface area contributed by atoms with Crippen LogP contribution in [-0.4, -0.2) is 24.2 Å². The van der Waals surface area contributed by atoms with Crippen molar-refractivity contribution >= 4 is 11.6 Å². The zero-order valence-electron chi connectivity index (χ0n) is 11.1. The molecule has 4 nitrogen and oxygen atoms in total. The summed E-state index contributed by atoms with van der Waals surface area (Å²) < 4.78 is 5.45. The number of benzene rings is 2. The van der Waals surface area contributed by atoms with Crippen LogP contribution in [0.15, 0.2) is 54.6 Å². The third-order valence-corrected chi connectivity index (χ3v) is 2.70. The number of rotatable bonds is 6. The summed E-state index contributed by atoms with van der Waals surface area (Å²) in [5.41, 5.74) is 1.29. The van der Waals surface area contributed by atoms with Crippen molar-refractivity contribution in [2.24, 2.45) is 0 Å². The molecule has 2 aromatic carbocycles. The number of carbonyl (C=O) groups excluding carboxylic acids is 1. The highest BCUT2D eigenvalue weighted by molar-refractivity contribution is 6.04. The van der Waals surface area contributed by atoms with E-state index in [4.69, 9.17) is 9.84 Å². The van der Waals surface area contributed by atoms with Crippen LogP contribution in [0.5, 0.6) is 5.75 Å². The van der Waals surface area contributed by atoms with Crippen LogP contribution < -0.4 is 10.1 Å². The van der Waals surface area contributed by atoms with Gasteiger partial charge in [-0.15, -0.1) is 0 Å². The number of amides is 1. The number of ether oxygens (including phenoxy) is 1. The molecule has 1 amide bonds. The van der Waals surface area contributed by atoms with Gasteiger partial charge in [0.1, 0.15) is 5.75 Å². The van der Waals surface area contributed by atoms with Gasteiger partial charge in [-0.25, -0.2) is 0 Å². The number of nitrogens with one attached hydrogen (secondary N) is 1. The molecule has 2 aromatic rings. The maximum absolute atomic E-state index is 12.1. The molecule has 20 heavy (non-hydrogen) atoms. The number of carbonyl (C=O) groups is 1. The van der Waals surface area contributed by atoms with E-state index in [1.807, 2.05) is 30.3 Å². The number of anilines is 1. The minimum atomic E-state index is -0.177. The lowest BCUT2D eigenvalue weighted by molar-refractivity contribution is 0.102. The first-order chi connectivity index (χ1) is 9.79. The van der Waals surface area contributed by atoms with Gasteiger partial charge in [0.15, 0.2) is 0 Å². The Bertz CT molecular complexity index is 555. The van der Waals surface area contributed by atoms with Crippen molar-refractivity contribution in [2.45, 2.75) is 6.42 Å². The van der Waals surface area contributed by atoms with Gasteiger partial charge in [-0.05, 0) is 30.3 Å². The minimum Gasteiger partial charge on any atom is -0.493 e. The Morgan fingerprint density at radius 2 is 1.90 bits per heavy atom. The van der Waals surface area contributed by atoms with E-state index in [1.165, 1.54) is 0 Å². The molecule has 0 unspecified atom stereocenters. The third kappa shape index (κ3) is 4.10. The largest absolute Gasteiger partial charge is 0.493 e. The number of aliphatic hydroxyl groups excluding tert-OH is 1. The van der Waals surface area contributed by atoms with Crippen molar-refractivity contribution in [3.63, 3.8) is 0 Å². The van der Waals surface area contributed by atoms with Crippen LogP contribution in [0.3, 0.4) is 0 Å². The second-order valence-corrected chi connectivity index (χ2v) is 4.27. The van der Waals surface area contributed by atoms with Crippen molar-refractivity contribution in [3.8, 4) is 5.75 Å². The molecule has 0 spiro atoms. The van der Waals surface area contributed by atoms with Gasteiger partial charge in [-0.1, -0.05) is 24.3 Å². The number of aliphatic hydroxyl groups is 1. The Morgan fingerprint density at radius 3 is 2.65 bits per heavy atom. The molecule has 0 heterocycles. The molecule has 0 aliphatic heterocycles. The summed E-state index contributed by atoms with van der Waals surface area (Å²) in [6.07, 6.45) is 0.570. The highest BCUT2D eigenvalue weighted by Gasteiger charge is 2.07. The summed E-state index contributed by atoms with van der Waals surface area (Å²) in [5, 5.41) is 11.5. The third-order valence-electron chi connectivity index (χ3n) is 2.70. The summed E-state index contributed by atoms with van der Waals surface area (Å²) in [4.78, 5) is 12.1. The first-order valence-corrected chi connectivity index (χ1v) is 6.50. The Kier molecular flexibility index (Phi) is 5.15. The topological polar surface area (TPSA) is 58.6 Å². The molecule has 0 saturated carbocycles. The minimum absolute atomic E-state index is 0.0915. The van der Waals surface area contributed by atoms with Crippen LogP contribution in [0.2, 0.25) is 0 Å². The highest BCUT2D eigenvalue weighted by Crippen LogP contribution is 2.15. The Labute approximate surface area is 118 Å². The first kappa shape index (κ1) is 14.1. The second kappa shape index (κ2) is 7.31. The van der Waals surface area contributed by atoms with E-state index in [2.05, 4.69) is 5.32 Å². The van der Waals surface area contributed by atoms with Gasteiger partial charge in [0, 0.05) is 24.3 Å². The Hall–Kier alpha value is -2.33. The van der Waals surface area contributed by atoms with Gasteiger partial charge in [0.25, 0.3) is 5.91 Å². The molecule has 104 valence electrons. The van der Waals surface area contributed by atoms with Gasteiger partial charge < -0.3 is 15.2 Å². The zero-order chi connectivity index (χ0) is 14.2. The fraction of sp³-hybridized carbons (Fsp3) is 0.188. The quantitative estimate of drug-likeness (QED) is 0.794. The molecule has 2 rings (SSSR count). The fourth-order valence-corrected chi connectivity index (χ4v) is 1.71. The van der Waals surface area contributed by atoms with Gasteiger partial charge >= 0.3 is 0 Å². The average Bonchev–Trinajstić information content (AvgIpc) is 2.49. The first-order valence-electron chi connectivity index (χ1n) is 6.50. The maximum atomic E-state index is 12.1. The smallest absolute Gasteiger partial charge is 0.255 e. The normalized spacial score (nSPS) is 10.1. The van der Waals surface area contributed by atoms with Gasteiger partial charge in [0.2, 0.25) is 0 Å². The lowest BCUT2D eigenvalue weighted by Gasteiger charge is -2.08. The molecule has 0 radical (unpaired) electrons. The predicted molar refractivity (Wildman–Crippen MR) is 78.0 cm³/mol. The fourth-order valence-electron chi connectivity index (χ4n) is 1.71. The van der Waals surface area contributed by atoms with Crippen molar-refractivity contribution in [3.05, 3.63) is 60.2 Å². The average molecular weight is 271 g/mol. The van der Waals surface area contributed by atoms with E-state index >= 15 is 0 Å². The van der Waals surface area contributed by atoms with Crippen LogP contribution in [-0.2, 0) is 0 Å². The molecular formula is C16H17NO3. The Morgan fingerprint density at radius 1 is 1.10 bits per heavy atom. The summed E-state index contributed by atoms with van der Waals surface area (Å²) in [5.74, 6) is 0.447. The van der Waals surface area contributed by atoms with Gasteiger partial charge in [-0.2, -0.15) is 0 Å². The SMILES string of the molecule is O=C(Nc1ccccc1)c1cccc(OCCCO)c1. The molecule has 0 aromatic heterocycles. The Balaban J connectivity index is 2.01. The van der Waals surface area contributed by atoms with Crippen molar-refractivity contribution in [2.75, 3.05) is 18.5 Å². The summed E-state index contributed by atoms with van der Waals surface area (Å²) in [6, 6.07) is 16.3. The van der Waals surface area contributed by atoms with E-state index in [-0.39, 0.29) is 12.5 Å². The molecular weight excluding hydrogens is 254 g/mol. The molecule has 0 saturated heterocycles. The zero-order valence-corrected chi connectivity index (χ0v) is 11.1. The van der Waals surface area contributed by atoms with E-state index in [1.54, 1.807) is 24.3 Å². The molecule has 0 aliphatic rings. The van der Waals surface area contributed by atoms with Gasteiger partial charge in [0.05, 0.1) is 6.61 Å². The molecule has 0 bridgehead atoms. The van der Waals surface area contributed by atoms with Gasteiger partial charge in [-0.3, -0.25) is 4.79 Å². The summed E-state index contributed by atoms with van der Waals surface area (Å²) in [7, 11) is 0. The standard InChI is InChI=1S/C16H17NO3/c18-10-5-11-20-15-9-4-6-13(12-15)16(19)17-14-7-2-1-3-8-14/h1-4,6-9,12,18H,5,10-11H2,(H,17,19). The van der Waals surface area contributed by atoms with E-state index in [0.29, 0.717) is 24.3 Å². The van der Waals surface area contributed by atoms with E-state index < -0.39 is 0 Å². The molecule has 0 aliphatic carbocycles. The maximum Gasteiger partial charge on any atom is 0.255 e. The predicted octanol–water partition coefficient (Wildman–Crippen LogP) is 2.70. The molecule has 0 fully saturated rings. The molecule has 4 heteroatoms. The van der Waals surface area contributed by atoms with E-state index in [9.17, 15) is 4.79 Å². The molecule has 0 atom stereocenters. The van der Waals surface area contributed by atoms with Crippen LogP contribution in [0.1, 0.15) is 16.8 Å². The number of hydrogen-bond acceptors (Lipinski definition) is 3. The van der Waals surface area contributed by atoms with Crippen LogP contribution in [0.4, 0.5) is 5.69 Å². The van der Waals surface area contributed by atoms with Crippen LogP contribution in [0, 0.1) is 0 Å². The lowest BCUT2D eigenvalue weighted by atomic mass is 10.2. The summed E-state index contributed by atoms with van der Waals surface area (Å²) >= 11 is 0. The van der Waals surface area contributed by atoms with Crippen molar-refractivity contribution < 1.29 is 14.6 Å². The number of para-hydroxylation sites is 1. The lowest BCUT2D eigenvalue weighted by Crippen LogP contribution is -2.12. The highest BCUT2D eigenvalue weighted by atomic mass is 16.5. The van der Waals surface area contributed by atoms with E-state index in [0.717, 1.165) is 5.69 Å². The second-order valence-electron chi connectivity index (χ2n) is 4.27. The number of hydrogen-bond donors (Lipinski definition) is 2. The van der Waals surface area contributed by atoms with Crippen LogP contribution >= 0.6 is 0 Å². The monoisotopic (exact) mass is 271 g/mol.